The molecule has 16 rings (SSSR count). The molecule has 0 amide bonds. The molecular weight excluding hydrogens is 1070 g/mol. The minimum Gasteiger partial charge on any atom is -0.454 e. The van der Waals surface area contributed by atoms with Crippen molar-refractivity contribution in [3.63, 3.8) is 0 Å². The number of benzene rings is 12. The Morgan fingerprint density at radius 2 is 0.692 bits per heavy atom. The van der Waals surface area contributed by atoms with Gasteiger partial charge in [-0.1, -0.05) is 201 Å². The number of halogens is 1. The number of hydrogen-bond donors (Lipinski definition) is 0. The first kappa shape index (κ1) is 45.4. The summed E-state index contributed by atoms with van der Waals surface area (Å²) in [6.45, 7) is 6.73. The van der Waals surface area contributed by atoms with Crippen molar-refractivity contribution in [2.45, 2.75) is 39.0 Å². The van der Waals surface area contributed by atoms with Crippen LogP contribution in [0.1, 0.15) is 50.2 Å². The Morgan fingerprint density at radius 3 is 1.13 bits per heavy atom. The summed E-state index contributed by atoms with van der Waals surface area (Å²) in [5.74, 6) is 0.648. The number of alkyl halides is 1. The quantitative estimate of drug-likeness (QED) is 0.0773. The van der Waals surface area contributed by atoms with Crippen LogP contribution in [0.15, 0.2) is 224 Å². The van der Waals surface area contributed by atoms with Gasteiger partial charge in [0.05, 0.1) is 34.1 Å². The average molecular weight is 1120 g/mol. The fourth-order valence-corrected chi connectivity index (χ4v) is 14.0. The molecule has 4 aromatic heterocycles. The highest BCUT2D eigenvalue weighted by molar-refractivity contribution is 14.1. The molecule has 4 heterocycles. The fraction of sp³-hybridized carbons (Fsp3) is 0.0986. The molecule has 0 saturated carbocycles. The lowest BCUT2D eigenvalue weighted by molar-refractivity contribution is 0.649. The van der Waals surface area contributed by atoms with Gasteiger partial charge in [-0.3, -0.25) is 0 Å². The summed E-state index contributed by atoms with van der Waals surface area (Å²) in [7, 11) is 0. The molecule has 0 radical (unpaired) electrons. The molecule has 7 heteroatoms. The van der Waals surface area contributed by atoms with Crippen LogP contribution in [0.5, 0.6) is 0 Å². The minimum atomic E-state index is 0.279. The molecule has 0 aliphatic rings. The van der Waals surface area contributed by atoms with E-state index in [9.17, 15) is 0 Å². The van der Waals surface area contributed by atoms with Crippen LogP contribution < -0.4 is 9.80 Å². The van der Waals surface area contributed by atoms with Gasteiger partial charge in [-0.15, -0.1) is 0 Å². The van der Waals surface area contributed by atoms with E-state index in [1.165, 1.54) is 21.9 Å². The van der Waals surface area contributed by atoms with Crippen molar-refractivity contribution in [3.8, 4) is 0 Å². The third kappa shape index (κ3) is 6.48. The van der Waals surface area contributed by atoms with Gasteiger partial charge in [0.1, 0.15) is 22.3 Å². The standard InChI is InChI=1S/C71H49IN2O4/c1-4-41(39-72)45-18-10-20-51-53-24-14-28-61(71(53)78-67(45)51)74(59-26-12-22-49-47-16-6-8-30-63(47)76-69(49)59)57-38-34-43-31-35-54-56(37-33-42-32-36-55(57)65(43)64(42)54)73(58-25-11-21-48-46-15-5-7-29-62(46)75-68(48)58)60-27-13-23-52-50-19-9-17-44(40(2)3)66(50)77-70(52)60/h5-38,40-41H,4,39H2,1-3H3. The van der Waals surface area contributed by atoms with E-state index >= 15 is 0 Å². The number of nitrogens with zero attached hydrogens (tertiary/aromatic N) is 2. The molecule has 0 saturated heterocycles. The van der Waals surface area contributed by atoms with Crippen molar-refractivity contribution in [3.05, 3.63) is 217 Å². The smallest absolute Gasteiger partial charge is 0.159 e. The monoisotopic (exact) mass is 1120 g/mol. The summed E-state index contributed by atoms with van der Waals surface area (Å²) < 4.78 is 29.3. The number of rotatable bonds is 10. The van der Waals surface area contributed by atoms with Crippen molar-refractivity contribution < 1.29 is 17.7 Å². The molecule has 374 valence electrons. The van der Waals surface area contributed by atoms with Crippen LogP contribution in [0, 0.1) is 0 Å². The Bertz CT molecular complexity index is 5090. The van der Waals surface area contributed by atoms with Gasteiger partial charge in [-0.2, -0.15) is 0 Å². The summed E-state index contributed by atoms with van der Waals surface area (Å²) in [6.07, 6.45) is 1.03. The molecule has 0 spiro atoms. The van der Waals surface area contributed by atoms with Gasteiger partial charge < -0.3 is 27.5 Å². The zero-order chi connectivity index (χ0) is 51.9. The molecule has 0 aliphatic heterocycles. The number of para-hydroxylation sites is 8. The number of hydrogen-bond acceptors (Lipinski definition) is 6. The second-order valence-electron chi connectivity index (χ2n) is 21.1. The zero-order valence-corrected chi connectivity index (χ0v) is 45.3. The molecule has 0 N–H and O–H groups in total. The summed E-state index contributed by atoms with van der Waals surface area (Å²) in [4.78, 5) is 4.77. The number of fused-ring (bicyclic) bond motifs is 12. The Balaban J connectivity index is 0.988. The average Bonchev–Trinajstić information content (AvgIpc) is 4.41. The van der Waals surface area contributed by atoms with Crippen LogP contribution in [-0.4, -0.2) is 4.43 Å². The highest BCUT2D eigenvalue weighted by atomic mass is 127. The Kier molecular flexibility index (Phi) is 10.1. The van der Waals surface area contributed by atoms with E-state index in [-0.39, 0.29) is 5.92 Å². The summed E-state index contributed by atoms with van der Waals surface area (Å²) in [6, 6.07) is 74.3. The molecule has 78 heavy (non-hydrogen) atoms. The molecule has 0 bridgehead atoms. The number of anilines is 6. The molecule has 1 unspecified atom stereocenters. The lowest BCUT2D eigenvalue weighted by Gasteiger charge is -2.29. The zero-order valence-electron chi connectivity index (χ0n) is 43.1. The topological polar surface area (TPSA) is 59.0 Å². The second-order valence-corrected chi connectivity index (χ2v) is 22.0. The van der Waals surface area contributed by atoms with E-state index < -0.39 is 0 Å². The minimum absolute atomic E-state index is 0.279. The predicted molar refractivity (Wildman–Crippen MR) is 335 cm³/mol. The maximum absolute atomic E-state index is 7.27. The van der Waals surface area contributed by atoms with Crippen LogP contribution in [0.25, 0.3) is 120 Å². The van der Waals surface area contributed by atoms with Crippen molar-refractivity contribution in [1.29, 1.82) is 0 Å². The highest BCUT2D eigenvalue weighted by Crippen LogP contribution is 2.53. The van der Waals surface area contributed by atoms with Crippen molar-refractivity contribution >= 4 is 177 Å². The summed E-state index contributed by atoms with van der Waals surface area (Å²) in [5, 5.41) is 15.5. The van der Waals surface area contributed by atoms with E-state index in [1.54, 1.807) is 0 Å². The van der Waals surface area contributed by atoms with Gasteiger partial charge in [-0.05, 0) is 99.5 Å². The molecule has 0 fully saturated rings. The van der Waals surface area contributed by atoms with Gasteiger partial charge >= 0.3 is 0 Å². The van der Waals surface area contributed by atoms with Crippen LogP contribution in [-0.2, 0) is 0 Å². The van der Waals surface area contributed by atoms with Crippen LogP contribution in [0.2, 0.25) is 0 Å². The van der Waals surface area contributed by atoms with Crippen LogP contribution in [0.4, 0.5) is 34.1 Å². The van der Waals surface area contributed by atoms with E-state index in [1.807, 2.05) is 12.1 Å². The third-order valence-corrected chi connectivity index (χ3v) is 17.7. The molecule has 0 aliphatic carbocycles. The number of furan rings is 4. The Labute approximate surface area is 462 Å². The highest BCUT2D eigenvalue weighted by Gasteiger charge is 2.30. The van der Waals surface area contributed by atoms with Crippen molar-refractivity contribution in [1.82, 2.24) is 0 Å². The summed E-state index contributed by atoms with van der Waals surface area (Å²) in [5.41, 5.74) is 15.0. The SMILES string of the molecule is CCC(CI)c1cccc2c1oc1c(N(c3ccc4ccc5c(N(c6cccc7c6oc6ccccc67)c6cccc7c6oc6c(C(C)C)cccc67)ccc6ccc3c4c65)c3cccc4c3oc3ccccc34)cccc12. The third-order valence-electron chi connectivity index (χ3n) is 16.6. The molecule has 16 aromatic rings. The maximum Gasteiger partial charge on any atom is 0.159 e. The van der Waals surface area contributed by atoms with E-state index in [4.69, 9.17) is 17.7 Å². The van der Waals surface area contributed by atoms with E-state index in [0.717, 1.165) is 154 Å². The lowest BCUT2D eigenvalue weighted by Crippen LogP contribution is -2.12. The maximum atomic E-state index is 7.27. The van der Waals surface area contributed by atoms with Crippen molar-refractivity contribution in [2.24, 2.45) is 0 Å². The predicted octanol–water partition coefficient (Wildman–Crippen LogP) is 22.2. The largest absolute Gasteiger partial charge is 0.454 e. The van der Waals surface area contributed by atoms with Crippen LogP contribution >= 0.6 is 22.6 Å². The van der Waals surface area contributed by atoms with E-state index in [2.05, 4.69) is 247 Å². The Morgan fingerprint density at radius 1 is 0.333 bits per heavy atom. The van der Waals surface area contributed by atoms with Gasteiger partial charge in [0.25, 0.3) is 0 Å². The molecular formula is C71H49IN2O4. The van der Waals surface area contributed by atoms with Gasteiger partial charge in [0, 0.05) is 58.3 Å². The van der Waals surface area contributed by atoms with Gasteiger partial charge in [0.2, 0.25) is 0 Å². The molecule has 12 aromatic carbocycles. The lowest BCUT2D eigenvalue weighted by atomic mass is 9.91. The summed E-state index contributed by atoms with van der Waals surface area (Å²) >= 11 is 2.52. The second kappa shape index (κ2) is 17.4. The van der Waals surface area contributed by atoms with Crippen LogP contribution in [0.3, 0.4) is 0 Å². The Hall–Kier alpha value is -8.79. The van der Waals surface area contributed by atoms with Crippen molar-refractivity contribution in [2.75, 3.05) is 14.2 Å². The van der Waals surface area contributed by atoms with E-state index in [0.29, 0.717) is 5.92 Å². The first-order valence-corrected chi connectivity index (χ1v) is 28.5. The molecule has 6 nitrogen and oxygen atoms in total. The first-order chi connectivity index (χ1) is 38.4. The first-order valence-electron chi connectivity index (χ1n) is 27.0. The van der Waals surface area contributed by atoms with Gasteiger partial charge in [0.15, 0.2) is 22.3 Å². The van der Waals surface area contributed by atoms with Gasteiger partial charge in [-0.25, -0.2) is 0 Å². The fourth-order valence-electron chi connectivity index (χ4n) is 13.0. The molecule has 1 atom stereocenters. The normalized spacial score (nSPS) is 12.8.